The molecule has 0 radical (unpaired) electrons. The Morgan fingerprint density at radius 1 is 0.763 bits per heavy atom. The number of carbonyl (C=O) groups is 5. The van der Waals surface area contributed by atoms with Gasteiger partial charge in [-0.25, -0.2) is 4.85 Å². The van der Waals surface area contributed by atoms with Crippen LogP contribution >= 0.6 is 11.6 Å². The van der Waals surface area contributed by atoms with Gasteiger partial charge in [0, 0.05) is 75.3 Å². The summed E-state index contributed by atoms with van der Waals surface area (Å²) in [4.78, 5) is 75.5. The molecule has 0 aliphatic carbocycles. The first-order valence-electron chi connectivity index (χ1n) is 20.9. The summed E-state index contributed by atoms with van der Waals surface area (Å²) in [5.74, 6) is 0.0984. The molecule has 3 aromatic carbocycles. The maximum Gasteiger partial charge on any atom is 0.262 e. The van der Waals surface area contributed by atoms with E-state index in [1.807, 2.05) is 30.3 Å². The summed E-state index contributed by atoms with van der Waals surface area (Å²) in [5.41, 5.74) is 2.59. The van der Waals surface area contributed by atoms with Crippen molar-refractivity contribution in [1.82, 2.24) is 20.0 Å². The Labute approximate surface area is 348 Å². The van der Waals surface area contributed by atoms with E-state index in [1.165, 1.54) is 0 Å². The lowest BCUT2D eigenvalue weighted by molar-refractivity contribution is -0.136. The normalized spacial score (nSPS) is 25.2. The molecule has 6 aliphatic heterocycles. The summed E-state index contributed by atoms with van der Waals surface area (Å²) in [6, 6.07) is 17.4. The summed E-state index contributed by atoms with van der Waals surface area (Å²) in [6.07, 6.45) is 7.73. The first kappa shape index (κ1) is 39.0. The molecule has 6 aliphatic rings. The van der Waals surface area contributed by atoms with Crippen molar-refractivity contribution in [3.8, 4) is 11.5 Å². The predicted molar refractivity (Wildman–Crippen MR) is 219 cm³/mol. The lowest BCUT2D eigenvalue weighted by Crippen LogP contribution is -2.54. The zero-order chi connectivity index (χ0) is 40.8. The lowest BCUT2D eigenvalue weighted by atomic mass is 9.94. The third kappa shape index (κ3) is 7.88. The number of benzene rings is 3. The van der Waals surface area contributed by atoms with Crippen molar-refractivity contribution >= 4 is 52.5 Å². The van der Waals surface area contributed by atoms with Crippen molar-refractivity contribution in [3.05, 3.63) is 93.8 Å². The molecule has 3 aromatic rings. The Morgan fingerprint density at radius 2 is 1.44 bits per heavy atom. The fourth-order valence-electron chi connectivity index (χ4n) is 10.0. The molecule has 5 amide bonds. The number of nitrogens with zero attached hydrogens (tertiary/aromatic N) is 5. The van der Waals surface area contributed by atoms with Gasteiger partial charge in [0.2, 0.25) is 17.5 Å². The van der Waals surface area contributed by atoms with Crippen LogP contribution in [0.2, 0.25) is 5.02 Å². The largest absolute Gasteiger partial charge is 0.490 e. The van der Waals surface area contributed by atoms with Gasteiger partial charge in [0.15, 0.2) is 0 Å². The van der Waals surface area contributed by atoms with Gasteiger partial charge in [-0.05, 0) is 105 Å². The topological polar surface area (TPSA) is 133 Å². The molecule has 13 nitrogen and oxygen atoms in total. The van der Waals surface area contributed by atoms with E-state index in [-0.39, 0.29) is 43.0 Å². The van der Waals surface area contributed by atoms with E-state index in [9.17, 15) is 24.0 Å². The van der Waals surface area contributed by atoms with Crippen molar-refractivity contribution in [2.45, 2.75) is 94.5 Å². The molecular formula is C45H47ClN6O7. The molecule has 9 rings (SSSR count). The van der Waals surface area contributed by atoms with Crippen LogP contribution in [-0.2, 0) is 9.59 Å². The van der Waals surface area contributed by atoms with Gasteiger partial charge in [0.25, 0.3) is 17.7 Å². The number of imide groups is 2. The second-order valence-electron chi connectivity index (χ2n) is 16.8. The zero-order valence-electron chi connectivity index (χ0n) is 32.8. The van der Waals surface area contributed by atoms with Gasteiger partial charge in [0.05, 0.1) is 22.7 Å². The highest BCUT2D eigenvalue weighted by Crippen LogP contribution is 2.40. The predicted octanol–water partition coefficient (Wildman–Crippen LogP) is 6.27. The van der Waals surface area contributed by atoms with E-state index in [1.54, 1.807) is 30.3 Å². The number of ether oxygens (including phenoxy) is 2. The molecule has 0 spiro atoms. The Morgan fingerprint density at radius 3 is 2.12 bits per heavy atom. The highest BCUT2D eigenvalue weighted by atomic mass is 35.5. The minimum Gasteiger partial charge on any atom is -0.490 e. The van der Waals surface area contributed by atoms with Gasteiger partial charge in [-0.1, -0.05) is 17.7 Å². The lowest BCUT2D eigenvalue weighted by Gasteiger charge is -2.39. The third-order valence-corrected chi connectivity index (χ3v) is 13.4. The number of halogens is 1. The number of nitrogens with one attached hydrogen (secondary N) is 1. The van der Waals surface area contributed by atoms with Crippen LogP contribution in [0.3, 0.4) is 0 Å². The highest BCUT2D eigenvalue weighted by molar-refractivity contribution is 6.33. The summed E-state index contributed by atoms with van der Waals surface area (Å²) < 4.78 is 12.7. The van der Waals surface area contributed by atoms with Crippen LogP contribution in [0.5, 0.6) is 11.5 Å². The summed E-state index contributed by atoms with van der Waals surface area (Å²) in [6.45, 7) is 11.9. The summed E-state index contributed by atoms with van der Waals surface area (Å²) >= 11 is 6.23. The molecule has 3 unspecified atom stereocenters. The number of rotatable bonds is 9. The van der Waals surface area contributed by atoms with Crippen molar-refractivity contribution in [3.63, 3.8) is 0 Å². The fourth-order valence-corrected chi connectivity index (χ4v) is 10.2. The first-order valence-corrected chi connectivity index (χ1v) is 21.3. The molecule has 59 heavy (non-hydrogen) atoms. The van der Waals surface area contributed by atoms with E-state index < -0.39 is 29.7 Å². The smallest absolute Gasteiger partial charge is 0.262 e. The monoisotopic (exact) mass is 818 g/mol. The van der Waals surface area contributed by atoms with Crippen LogP contribution in [0.15, 0.2) is 60.7 Å². The van der Waals surface area contributed by atoms with Crippen molar-refractivity contribution < 1.29 is 33.4 Å². The van der Waals surface area contributed by atoms with E-state index >= 15 is 0 Å². The maximum atomic E-state index is 13.7. The van der Waals surface area contributed by atoms with Gasteiger partial charge in [-0.3, -0.25) is 34.2 Å². The van der Waals surface area contributed by atoms with Crippen molar-refractivity contribution in [2.75, 3.05) is 37.6 Å². The standard InChI is InChI=1S/C45H47ClN6O7/c1-47-39-11-9-34(25-38(39)46)59-35-22-30-4-5-31(23-35)51(30)43(55)28-2-7-32(8-3-28)58-33-16-18-49(19-17-33)26-27-14-20-50(21-15-27)29-6-10-36-37(24-29)45(57)52(44(36)56)40-12-13-41(53)48-42(40)54/h2-3,6-11,24-25,27,30-31,33,35,40H,4-5,12-23,26H2,(H,48,53,54). The second-order valence-corrected chi connectivity index (χ2v) is 17.2. The van der Waals surface area contributed by atoms with Crippen LogP contribution in [0.4, 0.5) is 11.4 Å². The molecule has 5 fully saturated rings. The molecule has 2 bridgehead atoms. The third-order valence-electron chi connectivity index (χ3n) is 13.1. The fraction of sp³-hybridized carbons (Fsp3) is 0.467. The molecule has 5 saturated heterocycles. The molecule has 306 valence electrons. The number of piperidine rings is 4. The van der Waals surface area contributed by atoms with E-state index in [0.29, 0.717) is 39.1 Å². The molecular weight excluding hydrogens is 772 g/mol. The minimum atomic E-state index is -0.970. The quantitative estimate of drug-likeness (QED) is 0.196. The van der Waals surface area contributed by atoms with Gasteiger partial charge < -0.3 is 24.2 Å². The van der Waals surface area contributed by atoms with Crippen LogP contribution in [0.1, 0.15) is 95.3 Å². The number of hydrogen-bond acceptors (Lipinski definition) is 9. The number of anilines is 1. The average molecular weight is 819 g/mol. The summed E-state index contributed by atoms with van der Waals surface area (Å²) in [5, 5.41) is 2.63. The van der Waals surface area contributed by atoms with Crippen LogP contribution < -0.4 is 19.7 Å². The van der Waals surface area contributed by atoms with Gasteiger partial charge in [0.1, 0.15) is 29.7 Å². The van der Waals surface area contributed by atoms with Crippen LogP contribution in [-0.4, -0.2) is 107 Å². The number of carbonyl (C=O) groups excluding carboxylic acids is 5. The van der Waals surface area contributed by atoms with E-state index in [4.69, 9.17) is 27.6 Å². The van der Waals surface area contributed by atoms with E-state index in [2.05, 4.69) is 24.9 Å². The number of hydrogen-bond donors (Lipinski definition) is 1. The SMILES string of the molecule is [C-]#[N+]c1ccc(OC2CC3CCC(C2)N3C(=O)c2ccc(OC3CCN(CC4CCN(c5ccc6c(c5)C(=O)N(C5CCC(=O)NC5=O)C6=O)CC4)CC3)cc2)cc1Cl. The average Bonchev–Trinajstić information content (AvgIpc) is 3.65. The second kappa shape index (κ2) is 16.3. The van der Waals surface area contributed by atoms with Crippen LogP contribution in [0, 0.1) is 12.5 Å². The maximum absolute atomic E-state index is 13.7. The Kier molecular flexibility index (Phi) is 10.8. The molecule has 0 aromatic heterocycles. The first-order chi connectivity index (χ1) is 28.6. The summed E-state index contributed by atoms with van der Waals surface area (Å²) in [7, 11) is 0. The molecule has 1 N–H and O–H groups in total. The molecule has 6 heterocycles. The van der Waals surface area contributed by atoms with E-state index in [0.717, 1.165) is 100 Å². The Balaban J connectivity index is 0.711. The number of fused-ring (bicyclic) bond motifs is 3. The molecule has 0 saturated carbocycles. The van der Waals surface area contributed by atoms with Crippen molar-refractivity contribution in [1.29, 1.82) is 0 Å². The Hall–Kier alpha value is -5.45. The highest BCUT2D eigenvalue weighted by Gasteiger charge is 2.46. The molecule has 3 atom stereocenters. The zero-order valence-corrected chi connectivity index (χ0v) is 33.6. The van der Waals surface area contributed by atoms with Gasteiger partial charge in [-0.15, -0.1) is 0 Å². The Bertz CT molecular complexity index is 2200. The van der Waals surface area contributed by atoms with Gasteiger partial charge >= 0.3 is 0 Å². The van der Waals surface area contributed by atoms with Gasteiger partial charge in [-0.2, -0.15) is 0 Å². The number of likely N-dealkylation sites (tertiary alicyclic amines) is 1. The molecule has 14 heteroatoms. The number of amides is 5. The van der Waals surface area contributed by atoms with Crippen molar-refractivity contribution in [2.24, 2.45) is 5.92 Å². The minimum absolute atomic E-state index is 0.00388. The van der Waals surface area contributed by atoms with Crippen LogP contribution in [0.25, 0.3) is 4.85 Å².